The zero-order valence-corrected chi connectivity index (χ0v) is 22.0. The number of aromatic nitrogens is 3. The average Bonchev–Trinajstić information content (AvgIpc) is 3.08. The fourth-order valence-electron chi connectivity index (χ4n) is 3.50. The molecule has 0 aliphatic carbocycles. The first-order valence-corrected chi connectivity index (χ1v) is 13.0. The van der Waals surface area contributed by atoms with Crippen LogP contribution in [0.1, 0.15) is 33.9 Å². The van der Waals surface area contributed by atoms with Crippen LogP contribution in [0.3, 0.4) is 0 Å². The molecular weight excluding hydrogens is 523 g/mol. The van der Waals surface area contributed by atoms with E-state index in [9.17, 15) is 24.1 Å². The van der Waals surface area contributed by atoms with E-state index in [0.717, 1.165) is 10.9 Å². The second kappa shape index (κ2) is 12.0. The summed E-state index contributed by atoms with van der Waals surface area (Å²) in [6.07, 6.45) is -5.34. The molecule has 1 fully saturated rings. The molecule has 1 saturated heterocycles. The number of hydrogen-bond acceptors (Lipinski definition) is 12. The number of aliphatic hydroxyl groups is 1. The van der Waals surface area contributed by atoms with Gasteiger partial charge in [0.05, 0.1) is 12.7 Å². The van der Waals surface area contributed by atoms with E-state index in [4.69, 9.17) is 28.8 Å². The lowest BCUT2D eigenvalue weighted by Gasteiger charge is -2.27. The van der Waals surface area contributed by atoms with Gasteiger partial charge < -0.3 is 24.8 Å². The summed E-state index contributed by atoms with van der Waals surface area (Å²) in [5.74, 6) is 4.48. The van der Waals surface area contributed by atoms with E-state index in [1.54, 1.807) is 32.0 Å². The number of hydrogen-bond donors (Lipinski definition) is 3. The van der Waals surface area contributed by atoms with E-state index in [-0.39, 0.29) is 5.75 Å². The van der Waals surface area contributed by atoms with Crippen molar-refractivity contribution < 1.29 is 37.5 Å². The highest BCUT2D eigenvalue weighted by Crippen LogP contribution is 2.51. The molecule has 2 heterocycles. The smallest absolute Gasteiger partial charge is 0.461 e. The molecule has 0 saturated carbocycles. The van der Waals surface area contributed by atoms with E-state index in [0.29, 0.717) is 0 Å². The van der Waals surface area contributed by atoms with Crippen LogP contribution in [-0.2, 0) is 27.9 Å². The van der Waals surface area contributed by atoms with Gasteiger partial charge in [-0.25, -0.2) is 14.2 Å². The number of aromatic amines is 1. The molecule has 3 rings (SSSR count). The summed E-state index contributed by atoms with van der Waals surface area (Å²) in [5, 5.41) is 14.7. The summed E-state index contributed by atoms with van der Waals surface area (Å²) < 4.78 is 41.5. The maximum atomic E-state index is 13.6. The molecule has 1 aliphatic heterocycles. The second-order valence-electron chi connectivity index (χ2n) is 8.54. The lowest BCUT2D eigenvalue weighted by Crippen LogP contribution is -2.55. The Morgan fingerprint density at radius 1 is 1.32 bits per heavy atom. The molecule has 1 aromatic heterocycles. The van der Waals surface area contributed by atoms with Crippen molar-refractivity contribution in [3.63, 3.8) is 0 Å². The van der Waals surface area contributed by atoms with Crippen molar-refractivity contribution in [1.29, 1.82) is 0 Å². The van der Waals surface area contributed by atoms with Crippen LogP contribution in [0.4, 0.5) is 0 Å². The van der Waals surface area contributed by atoms with Crippen molar-refractivity contribution in [2.75, 3.05) is 6.61 Å². The third-order valence-electron chi connectivity index (χ3n) is 5.18. The van der Waals surface area contributed by atoms with Crippen molar-refractivity contribution in [2.45, 2.75) is 63.9 Å². The first-order valence-electron chi connectivity index (χ1n) is 11.5. The quantitative estimate of drug-likeness (QED) is 0.210. The number of esters is 1. The molecule has 1 aromatic carbocycles. The number of phosphoric acid groups is 1. The van der Waals surface area contributed by atoms with Crippen molar-refractivity contribution in [3.8, 4) is 17.6 Å². The van der Waals surface area contributed by atoms with E-state index < -0.39 is 67.8 Å². The van der Waals surface area contributed by atoms with E-state index in [1.165, 1.54) is 26.0 Å². The van der Waals surface area contributed by atoms with Crippen LogP contribution in [-0.4, -0.2) is 62.4 Å². The summed E-state index contributed by atoms with van der Waals surface area (Å²) in [4.78, 5) is 38.1. The van der Waals surface area contributed by atoms with Gasteiger partial charge in [0, 0.05) is 0 Å². The van der Waals surface area contributed by atoms with Crippen molar-refractivity contribution in [1.82, 2.24) is 14.8 Å². The Kier molecular flexibility index (Phi) is 9.26. The van der Waals surface area contributed by atoms with Crippen molar-refractivity contribution in [3.05, 3.63) is 57.4 Å². The van der Waals surface area contributed by atoms with Gasteiger partial charge in [0.1, 0.15) is 24.2 Å². The lowest BCUT2D eigenvalue weighted by molar-refractivity contribution is -0.156. The first kappa shape index (κ1) is 29.2. The molecule has 6 atom stereocenters. The number of rotatable bonds is 10. The number of nitrogens with one attached hydrogen (secondary N) is 1. The molecule has 0 radical (unpaired) electrons. The molecule has 38 heavy (non-hydrogen) atoms. The minimum absolute atomic E-state index is 0.111. The number of carbonyl (C=O) groups is 1. The number of aliphatic hydroxyl groups excluding tert-OH is 1. The predicted molar refractivity (Wildman–Crippen MR) is 132 cm³/mol. The molecule has 14 nitrogen and oxygen atoms in total. The molecule has 4 N–H and O–H groups in total. The van der Waals surface area contributed by atoms with Gasteiger partial charge in [0.2, 0.25) is 0 Å². The molecule has 15 heteroatoms. The number of benzene rings is 1. The van der Waals surface area contributed by atoms with Crippen molar-refractivity contribution >= 4 is 13.8 Å². The average molecular weight is 552 g/mol. The highest BCUT2D eigenvalue weighted by molar-refractivity contribution is 7.49. The van der Waals surface area contributed by atoms with Crippen LogP contribution in [0.2, 0.25) is 0 Å². The molecular formula is C23H29N4O10P. The Morgan fingerprint density at radius 2 is 2.00 bits per heavy atom. The van der Waals surface area contributed by atoms with Crippen LogP contribution < -0.4 is 21.5 Å². The molecule has 2 unspecified atom stereocenters. The maximum absolute atomic E-state index is 13.6. The van der Waals surface area contributed by atoms with Crippen LogP contribution in [0.5, 0.6) is 5.75 Å². The maximum Gasteiger partial charge on any atom is 0.530 e. The Labute approximate surface area is 217 Å². The summed E-state index contributed by atoms with van der Waals surface area (Å²) in [5.41, 5.74) is 2.74. The largest absolute Gasteiger partial charge is 0.530 e. The minimum atomic E-state index is -4.54. The Morgan fingerprint density at radius 3 is 2.61 bits per heavy atom. The zero-order chi connectivity index (χ0) is 28.1. The number of nitrogens with zero attached hydrogens (tertiary/aromatic N) is 2. The number of nitrogens with two attached hydrogens (primary N) is 1. The van der Waals surface area contributed by atoms with E-state index >= 15 is 0 Å². The van der Waals surface area contributed by atoms with Crippen molar-refractivity contribution in [2.24, 2.45) is 5.73 Å². The fourth-order valence-corrected chi connectivity index (χ4v) is 4.84. The number of phosphoric ester groups is 1. The normalized spacial score (nSPS) is 25.2. The SMILES string of the molecule is CC#CC1(N)[C@@H](O)[C@@H](COP(=O)(Oc2ccccc2)O[C@@H](C)C(=O)OC(C)C)O[C@H]1n1ncc(=O)[nH]c1=O. The Hall–Kier alpha value is -3.31. The number of H-pyrrole nitrogens is 1. The van der Waals surface area contributed by atoms with Gasteiger partial charge in [-0.1, -0.05) is 24.1 Å². The summed E-state index contributed by atoms with van der Waals surface area (Å²) >= 11 is 0. The third-order valence-corrected chi connectivity index (χ3v) is 6.66. The van der Waals surface area contributed by atoms with Crippen LogP contribution in [0.15, 0.2) is 46.1 Å². The zero-order valence-electron chi connectivity index (χ0n) is 21.1. The van der Waals surface area contributed by atoms with Crippen LogP contribution in [0, 0.1) is 11.8 Å². The number of carbonyl (C=O) groups excluding carboxylic acids is 1. The molecule has 0 amide bonds. The topological polar surface area (TPSA) is 194 Å². The van der Waals surface area contributed by atoms with E-state index in [2.05, 4.69) is 16.9 Å². The van der Waals surface area contributed by atoms with Gasteiger partial charge in [-0.2, -0.15) is 9.78 Å². The summed E-state index contributed by atoms with van der Waals surface area (Å²) in [7, 11) is -4.54. The van der Waals surface area contributed by atoms with E-state index in [1.807, 2.05) is 4.98 Å². The lowest BCUT2D eigenvalue weighted by atomic mass is 9.92. The first-order chi connectivity index (χ1) is 17.9. The highest BCUT2D eigenvalue weighted by Gasteiger charge is 2.56. The molecule has 0 spiro atoms. The number of ether oxygens (including phenoxy) is 2. The highest BCUT2D eigenvalue weighted by atomic mass is 31.2. The monoisotopic (exact) mass is 552 g/mol. The fraction of sp³-hybridized carbons (Fsp3) is 0.478. The molecule has 206 valence electrons. The van der Waals surface area contributed by atoms with Gasteiger partial charge in [-0.15, -0.1) is 5.92 Å². The predicted octanol–water partition coefficient (Wildman–Crippen LogP) is 0.471. The van der Waals surface area contributed by atoms with Gasteiger partial charge in [-0.05, 0) is 39.8 Å². The molecule has 0 bridgehead atoms. The van der Waals surface area contributed by atoms with Gasteiger partial charge in [0.25, 0.3) is 5.56 Å². The number of para-hydroxylation sites is 1. The van der Waals surface area contributed by atoms with Crippen LogP contribution >= 0.6 is 7.82 Å². The second-order valence-corrected chi connectivity index (χ2v) is 10.1. The van der Waals surface area contributed by atoms with Crippen LogP contribution in [0.25, 0.3) is 0 Å². The molecule has 2 aromatic rings. The summed E-state index contributed by atoms with van der Waals surface area (Å²) in [6, 6.07) is 7.91. The standard InChI is InChI=1S/C23H29N4O10P/c1-5-11-23(24)19(29)17(35-21(23)27-22(31)26-18(28)12-25-27)13-33-38(32,37-16-9-7-6-8-10-16)36-15(4)20(30)34-14(2)3/h6-10,12,14-15,17,19,21,29H,13,24H2,1-4H3,(H,26,28,31)/t15-,17+,19-,21+,23?,38?/m0/s1. The van der Waals surface area contributed by atoms with Gasteiger partial charge >= 0.3 is 19.5 Å². The van der Waals surface area contributed by atoms with Gasteiger partial charge in [0.15, 0.2) is 17.9 Å². The minimum Gasteiger partial charge on any atom is -0.461 e. The Bertz CT molecular complexity index is 1350. The third kappa shape index (κ3) is 6.76. The summed E-state index contributed by atoms with van der Waals surface area (Å²) in [6.45, 7) is 5.41. The molecule has 1 aliphatic rings. The van der Waals surface area contributed by atoms with Gasteiger partial charge in [-0.3, -0.25) is 18.8 Å². The Balaban J connectivity index is 1.86.